The van der Waals surface area contributed by atoms with Crippen LogP contribution in [0.15, 0.2) is 22.7 Å². The molecule has 1 aliphatic heterocycles. The van der Waals surface area contributed by atoms with Crippen LogP contribution in [0.4, 0.5) is 0 Å². The third-order valence-corrected chi connectivity index (χ3v) is 4.43. The van der Waals surface area contributed by atoms with E-state index in [1.165, 1.54) is 6.92 Å². The van der Waals surface area contributed by atoms with Gasteiger partial charge in [-0.2, -0.15) is 4.98 Å². The Balaban J connectivity index is 1.75. The maximum atomic E-state index is 11.2. The van der Waals surface area contributed by atoms with Crippen molar-refractivity contribution in [1.29, 1.82) is 0 Å². The fourth-order valence-corrected chi connectivity index (χ4v) is 3.30. The molecule has 0 amide bonds. The number of benzene rings is 1. The topological polar surface area (TPSA) is 77.7 Å². The lowest BCUT2D eigenvalue weighted by atomic mass is 10.1. The van der Waals surface area contributed by atoms with Gasteiger partial charge in [-0.1, -0.05) is 11.2 Å². The second-order valence-corrected chi connectivity index (χ2v) is 6.46. The quantitative estimate of drug-likeness (QED) is 0.703. The number of likely N-dealkylation sites (tertiary alicyclic amines) is 1. The zero-order valence-corrected chi connectivity index (χ0v) is 15.5. The van der Waals surface area contributed by atoms with E-state index < -0.39 is 0 Å². The Bertz CT molecular complexity index is 759. The number of aromatic nitrogens is 2. The molecule has 26 heavy (non-hydrogen) atoms. The lowest BCUT2D eigenvalue weighted by Gasteiger charge is -2.22. The standard InChI is InChI=1S/C19H25N3O4/c1-4-24-18-8-7-15(10-16(18)12-25-14(3)23)11-22-9-5-6-17(22)19-20-13(2)21-26-19/h7-8,10,17H,4-6,9,11-12H2,1-3H3/t17-/m1/s1. The Labute approximate surface area is 153 Å². The summed E-state index contributed by atoms with van der Waals surface area (Å²) in [7, 11) is 0. The second-order valence-electron chi connectivity index (χ2n) is 6.46. The zero-order valence-electron chi connectivity index (χ0n) is 15.5. The molecule has 0 N–H and O–H groups in total. The highest BCUT2D eigenvalue weighted by molar-refractivity contribution is 5.66. The van der Waals surface area contributed by atoms with E-state index >= 15 is 0 Å². The summed E-state index contributed by atoms with van der Waals surface area (Å²) in [4.78, 5) is 17.9. The van der Waals surface area contributed by atoms with E-state index in [0.29, 0.717) is 18.3 Å². The molecule has 1 fully saturated rings. The van der Waals surface area contributed by atoms with Gasteiger partial charge in [0, 0.05) is 19.0 Å². The molecule has 1 aromatic heterocycles. The number of hydrogen-bond donors (Lipinski definition) is 0. The largest absolute Gasteiger partial charge is 0.493 e. The van der Waals surface area contributed by atoms with Crippen molar-refractivity contribution >= 4 is 5.97 Å². The summed E-state index contributed by atoms with van der Waals surface area (Å²) in [5.74, 6) is 1.80. The first-order chi connectivity index (χ1) is 12.6. The lowest BCUT2D eigenvalue weighted by Crippen LogP contribution is -2.23. The van der Waals surface area contributed by atoms with E-state index in [4.69, 9.17) is 14.0 Å². The van der Waals surface area contributed by atoms with Gasteiger partial charge in [0.1, 0.15) is 12.4 Å². The maximum Gasteiger partial charge on any atom is 0.302 e. The van der Waals surface area contributed by atoms with Crippen molar-refractivity contribution in [1.82, 2.24) is 15.0 Å². The van der Waals surface area contributed by atoms with E-state index in [0.717, 1.165) is 42.8 Å². The molecule has 0 aliphatic carbocycles. The van der Waals surface area contributed by atoms with Crippen molar-refractivity contribution < 1.29 is 18.8 Å². The Morgan fingerprint density at radius 3 is 2.96 bits per heavy atom. The fourth-order valence-electron chi connectivity index (χ4n) is 3.30. The Morgan fingerprint density at radius 2 is 2.27 bits per heavy atom. The minimum Gasteiger partial charge on any atom is -0.493 e. The molecule has 3 rings (SSSR count). The van der Waals surface area contributed by atoms with Crippen LogP contribution in [-0.4, -0.2) is 34.2 Å². The van der Waals surface area contributed by atoms with Gasteiger partial charge in [-0.15, -0.1) is 0 Å². The van der Waals surface area contributed by atoms with Crippen LogP contribution in [-0.2, 0) is 22.7 Å². The summed E-state index contributed by atoms with van der Waals surface area (Å²) in [5, 5.41) is 3.91. The molecule has 0 spiro atoms. The summed E-state index contributed by atoms with van der Waals surface area (Å²) in [5.41, 5.74) is 2.02. The Hall–Kier alpha value is -2.41. The predicted molar refractivity (Wildman–Crippen MR) is 94.5 cm³/mol. The molecular formula is C19H25N3O4. The molecule has 1 aliphatic rings. The average molecular weight is 359 g/mol. The van der Waals surface area contributed by atoms with Crippen LogP contribution in [0.2, 0.25) is 0 Å². The Morgan fingerprint density at radius 1 is 1.42 bits per heavy atom. The molecule has 2 aromatic rings. The van der Waals surface area contributed by atoms with Crippen molar-refractivity contribution in [2.24, 2.45) is 0 Å². The smallest absolute Gasteiger partial charge is 0.302 e. The van der Waals surface area contributed by atoms with Crippen LogP contribution in [0, 0.1) is 6.92 Å². The van der Waals surface area contributed by atoms with Crippen molar-refractivity contribution in [2.75, 3.05) is 13.2 Å². The summed E-state index contributed by atoms with van der Waals surface area (Å²) >= 11 is 0. The predicted octanol–water partition coefficient (Wildman–Crippen LogP) is 3.18. The first-order valence-electron chi connectivity index (χ1n) is 8.99. The number of nitrogens with zero attached hydrogens (tertiary/aromatic N) is 3. The molecule has 0 bridgehead atoms. The summed E-state index contributed by atoms with van der Waals surface area (Å²) in [6.07, 6.45) is 2.11. The van der Waals surface area contributed by atoms with Crippen LogP contribution in [0.1, 0.15) is 55.6 Å². The van der Waals surface area contributed by atoms with Crippen molar-refractivity contribution in [3.63, 3.8) is 0 Å². The van der Waals surface area contributed by atoms with Crippen LogP contribution in [0.3, 0.4) is 0 Å². The molecule has 1 atom stereocenters. The van der Waals surface area contributed by atoms with Gasteiger partial charge in [0.25, 0.3) is 0 Å². The maximum absolute atomic E-state index is 11.2. The monoisotopic (exact) mass is 359 g/mol. The average Bonchev–Trinajstić information content (AvgIpc) is 3.23. The van der Waals surface area contributed by atoms with Gasteiger partial charge in [-0.25, -0.2) is 0 Å². The van der Waals surface area contributed by atoms with E-state index in [1.807, 2.05) is 26.0 Å². The van der Waals surface area contributed by atoms with Crippen molar-refractivity contribution in [2.45, 2.75) is 52.8 Å². The van der Waals surface area contributed by atoms with E-state index in [-0.39, 0.29) is 18.6 Å². The SMILES string of the molecule is CCOc1ccc(CN2CCC[C@@H]2c2nc(C)no2)cc1COC(C)=O. The van der Waals surface area contributed by atoms with E-state index in [9.17, 15) is 4.79 Å². The number of rotatable bonds is 7. The minimum absolute atomic E-state index is 0.152. The van der Waals surface area contributed by atoms with Gasteiger partial charge in [-0.05, 0) is 50.9 Å². The molecule has 1 aromatic carbocycles. The third-order valence-electron chi connectivity index (χ3n) is 4.43. The van der Waals surface area contributed by atoms with Gasteiger partial charge < -0.3 is 14.0 Å². The van der Waals surface area contributed by atoms with Crippen LogP contribution >= 0.6 is 0 Å². The molecule has 7 nitrogen and oxygen atoms in total. The van der Waals surface area contributed by atoms with Crippen molar-refractivity contribution in [3.8, 4) is 5.75 Å². The molecule has 0 saturated carbocycles. The van der Waals surface area contributed by atoms with Gasteiger partial charge >= 0.3 is 5.97 Å². The van der Waals surface area contributed by atoms with E-state index in [1.54, 1.807) is 0 Å². The molecule has 2 heterocycles. The second kappa shape index (κ2) is 8.31. The zero-order chi connectivity index (χ0) is 18.5. The number of aryl methyl sites for hydroxylation is 1. The van der Waals surface area contributed by atoms with Crippen molar-refractivity contribution in [3.05, 3.63) is 41.0 Å². The van der Waals surface area contributed by atoms with Crippen LogP contribution < -0.4 is 4.74 Å². The number of hydrogen-bond acceptors (Lipinski definition) is 7. The first-order valence-corrected chi connectivity index (χ1v) is 8.99. The number of ether oxygens (including phenoxy) is 2. The molecular weight excluding hydrogens is 334 g/mol. The highest BCUT2D eigenvalue weighted by atomic mass is 16.5. The fraction of sp³-hybridized carbons (Fsp3) is 0.526. The lowest BCUT2D eigenvalue weighted by molar-refractivity contribution is -0.142. The number of carbonyl (C=O) groups is 1. The van der Waals surface area contributed by atoms with Gasteiger partial charge in [0.2, 0.25) is 5.89 Å². The van der Waals surface area contributed by atoms with Crippen LogP contribution in [0.5, 0.6) is 5.75 Å². The Kier molecular flexibility index (Phi) is 5.88. The highest BCUT2D eigenvalue weighted by Crippen LogP contribution is 2.33. The van der Waals surface area contributed by atoms with Gasteiger partial charge in [-0.3, -0.25) is 9.69 Å². The van der Waals surface area contributed by atoms with Gasteiger partial charge in [0.05, 0.1) is 12.6 Å². The number of esters is 1. The first kappa shape index (κ1) is 18.4. The minimum atomic E-state index is -0.302. The number of carbonyl (C=O) groups excluding carboxylic acids is 1. The molecule has 0 radical (unpaired) electrons. The molecule has 7 heteroatoms. The summed E-state index contributed by atoms with van der Waals surface area (Å²) < 4.78 is 16.2. The van der Waals surface area contributed by atoms with Gasteiger partial charge in [0.15, 0.2) is 5.82 Å². The summed E-state index contributed by atoms with van der Waals surface area (Å²) in [6.45, 7) is 7.71. The third kappa shape index (κ3) is 4.40. The normalized spacial score (nSPS) is 17.4. The molecule has 0 unspecified atom stereocenters. The highest BCUT2D eigenvalue weighted by Gasteiger charge is 2.30. The molecule has 140 valence electrons. The summed E-state index contributed by atoms with van der Waals surface area (Å²) in [6, 6.07) is 6.19. The van der Waals surface area contributed by atoms with Crippen LogP contribution in [0.25, 0.3) is 0 Å². The molecule has 1 saturated heterocycles. The van der Waals surface area contributed by atoms with E-state index in [2.05, 4.69) is 21.1 Å².